The van der Waals surface area contributed by atoms with Crippen LogP contribution in [0.15, 0.2) is 9.59 Å². The van der Waals surface area contributed by atoms with E-state index in [0.717, 1.165) is 4.52 Å². The number of aromatic nitrogens is 2. The van der Waals surface area contributed by atoms with Gasteiger partial charge in [0.05, 0.1) is 18.3 Å². The summed E-state index contributed by atoms with van der Waals surface area (Å²) in [5, 5.41) is 41.5. The summed E-state index contributed by atoms with van der Waals surface area (Å²) in [5.74, 6) is -0.222. The number of ether oxygens (including phenoxy) is 1. The number of carbonyl (C=O) groups excluding carboxylic acids is 1. The second-order valence-corrected chi connectivity index (χ2v) is 8.93. The van der Waals surface area contributed by atoms with E-state index in [2.05, 4.69) is 5.32 Å². The van der Waals surface area contributed by atoms with Crippen molar-refractivity contribution in [3.05, 3.63) is 43.2 Å². The van der Waals surface area contributed by atoms with Gasteiger partial charge >= 0.3 is 0 Å². The zero-order chi connectivity index (χ0) is 23.9. The molecule has 1 aliphatic heterocycles. The van der Waals surface area contributed by atoms with Crippen molar-refractivity contribution in [2.24, 2.45) is 5.73 Å². The van der Waals surface area contributed by atoms with Crippen LogP contribution in [0.1, 0.15) is 22.5 Å². The molecule has 7 N–H and O–H groups in total. The normalized spacial score (nSPS) is 27.1. The number of nitrogens with one attached hydrogen (secondary N) is 1. The summed E-state index contributed by atoms with van der Waals surface area (Å²) in [6.07, 6.45) is -5.88. The number of hydrogen-bond acceptors (Lipinski definition) is 10. The van der Waals surface area contributed by atoms with E-state index in [0.29, 0.717) is 28.3 Å². The third kappa shape index (κ3) is 4.17. The number of thioether (sulfide) groups is 1. The maximum atomic E-state index is 12.4. The minimum absolute atomic E-state index is 0.141. The zero-order valence-electron chi connectivity index (χ0n) is 17.9. The molecule has 3 heterocycles. The first-order valence-electron chi connectivity index (χ1n) is 10.0. The Morgan fingerprint density at radius 2 is 1.75 bits per heavy atom. The third-order valence-corrected chi connectivity index (χ3v) is 6.93. The van der Waals surface area contributed by atoms with Crippen molar-refractivity contribution in [3.63, 3.8) is 0 Å². The molecule has 1 fully saturated rings. The number of aliphatic hydroxyl groups excluding tert-OH is 4. The lowest BCUT2D eigenvalue weighted by Crippen LogP contribution is -2.65. The van der Waals surface area contributed by atoms with Gasteiger partial charge in [0.15, 0.2) is 6.29 Å². The molecule has 178 valence electrons. The van der Waals surface area contributed by atoms with Crippen LogP contribution in [0, 0.1) is 20.8 Å². The Morgan fingerprint density at radius 3 is 2.38 bits per heavy atom. The van der Waals surface area contributed by atoms with Gasteiger partial charge in [-0.1, -0.05) is 0 Å². The quantitative estimate of drug-likeness (QED) is 0.237. The van der Waals surface area contributed by atoms with Gasteiger partial charge in [-0.05, 0) is 20.8 Å². The lowest BCUT2D eigenvalue weighted by molar-refractivity contribution is -0.253. The van der Waals surface area contributed by atoms with E-state index in [-0.39, 0.29) is 16.9 Å². The van der Waals surface area contributed by atoms with Crippen LogP contribution in [-0.2, 0) is 15.3 Å². The summed E-state index contributed by atoms with van der Waals surface area (Å²) >= 11 is 1.28. The maximum absolute atomic E-state index is 12.4. The van der Waals surface area contributed by atoms with Gasteiger partial charge in [-0.15, -0.1) is 0 Å². The van der Waals surface area contributed by atoms with Crippen LogP contribution < -0.4 is 22.2 Å². The van der Waals surface area contributed by atoms with Crippen LogP contribution >= 0.6 is 11.8 Å². The topological polar surface area (TPSA) is 188 Å². The van der Waals surface area contributed by atoms with Crippen LogP contribution in [0.2, 0.25) is 0 Å². The van der Waals surface area contributed by atoms with Crippen LogP contribution in [0.4, 0.5) is 0 Å². The highest BCUT2D eigenvalue weighted by atomic mass is 32.2. The first kappa shape index (κ1) is 24.6. The fraction of sp³-hybridized carbons (Fsp3) is 0.632. The molecule has 6 atom stereocenters. The summed E-state index contributed by atoms with van der Waals surface area (Å²) in [5.41, 5.74) is 7.41. The Hall–Kier alpha value is -2.00. The fourth-order valence-corrected chi connectivity index (χ4v) is 4.77. The lowest BCUT2D eigenvalue weighted by Gasteiger charge is -2.40. The van der Waals surface area contributed by atoms with Crippen molar-refractivity contribution in [2.75, 3.05) is 12.4 Å². The van der Waals surface area contributed by atoms with Gasteiger partial charge < -0.3 is 36.2 Å². The molecule has 0 aromatic carbocycles. The van der Waals surface area contributed by atoms with Gasteiger partial charge in [-0.25, -0.2) is 0 Å². The standard InChI is InChI=1S/C19H28N4O8S/c1-7-9(3)22-11(8(2)18(29)23(22)17(7)28)6-32-5-10(20)16(27)21-13-15(26)14(25)12(4-24)31-19(13)30/h10,12-15,19,24-26,30H,4-6,20H2,1-3H3,(H,21,27)/t10-,12-,13-,14-,15-,19?/m1/s1. The number of fused-ring (bicyclic) bond motifs is 1. The minimum Gasteiger partial charge on any atom is -0.394 e. The van der Waals surface area contributed by atoms with Gasteiger partial charge in [0.25, 0.3) is 11.1 Å². The maximum Gasteiger partial charge on any atom is 0.277 e. The van der Waals surface area contributed by atoms with Gasteiger partial charge in [0, 0.05) is 28.3 Å². The zero-order valence-corrected chi connectivity index (χ0v) is 18.7. The monoisotopic (exact) mass is 472 g/mol. The Balaban J connectivity index is 1.63. The second-order valence-electron chi connectivity index (χ2n) is 7.90. The molecular weight excluding hydrogens is 444 g/mol. The molecule has 1 saturated heterocycles. The van der Waals surface area contributed by atoms with Crippen molar-refractivity contribution >= 4 is 17.7 Å². The molecular formula is C19H28N4O8S. The lowest BCUT2D eigenvalue weighted by atomic mass is 9.97. The van der Waals surface area contributed by atoms with Crippen LogP contribution in [0.25, 0.3) is 0 Å². The van der Waals surface area contributed by atoms with E-state index in [4.69, 9.17) is 15.6 Å². The number of aliphatic hydroxyl groups is 4. The van der Waals surface area contributed by atoms with Crippen molar-refractivity contribution in [3.8, 4) is 0 Å². The summed E-state index contributed by atoms with van der Waals surface area (Å²) in [4.78, 5) is 37.2. The summed E-state index contributed by atoms with van der Waals surface area (Å²) in [6.45, 7) is 4.43. The molecule has 2 aromatic heterocycles. The Morgan fingerprint density at radius 1 is 1.12 bits per heavy atom. The summed E-state index contributed by atoms with van der Waals surface area (Å²) in [7, 11) is 0. The molecule has 0 bridgehead atoms. The van der Waals surface area contributed by atoms with Crippen LogP contribution in [0.5, 0.6) is 0 Å². The van der Waals surface area contributed by atoms with Crippen LogP contribution in [-0.4, -0.2) is 84.4 Å². The van der Waals surface area contributed by atoms with Gasteiger partial charge in [-0.2, -0.15) is 16.3 Å². The molecule has 3 rings (SSSR count). The van der Waals surface area contributed by atoms with Crippen molar-refractivity contribution in [1.82, 2.24) is 14.3 Å². The average molecular weight is 473 g/mol. The van der Waals surface area contributed by atoms with Crippen molar-refractivity contribution in [1.29, 1.82) is 0 Å². The Bertz CT molecular complexity index is 1100. The molecule has 13 heteroatoms. The molecule has 32 heavy (non-hydrogen) atoms. The van der Waals surface area contributed by atoms with E-state index in [9.17, 15) is 29.7 Å². The molecule has 12 nitrogen and oxygen atoms in total. The Labute approximate surface area is 186 Å². The van der Waals surface area contributed by atoms with E-state index in [1.165, 1.54) is 11.8 Å². The van der Waals surface area contributed by atoms with Gasteiger partial charge in [-0.3, -0.25) is 18.9 Å². The molecule has 0 radical (unpaired) electrons. The molecule has 2 aromatic rings. The molecule has 1 unspecified atom stereocenters. The molecule has 0 aliphatic carbocycles. The number of hydrogen-bond donors (Lipinski definition) is 6. The minimum atomic E-state index is -1.64. The first-order chi connectivity index (χ1) is 15.0. The second kappa shape index (κ2) is 9.47. The van der Waals surface area contributed by atoms with Gasteiger partial charge in [0.2, 0.25) is 5.91 Å². The highest BCUT2D eigenvalue weighted by molar-refractivity contribution is 7.98. The smallest absolute Gasteiger partial charge is 0.277 e. The fourth-order valence-electron chi connectivity index (χ4n) is 3.71. The largest absolute Gasteiger partial charge is 0.394 e. The Kier molecular flexibility index (Phi) is 7.29. The van der Waals surface area contributed by atoms with Crippen molar-refractivity contribution < 1.29 is 30.0 Å². The third-order valence-electron chi connectivity index (χ3n) is 5.86. The van der Waals surface area contributed by atoms with E-state index in [1.807, 2.05) is 0 Å². The molecule has 0 spiro atoms. The number of nitrogens with zero attached hydrogens (tertiary/aromatic N) is 2. The number of aryl methyl sites for hydroxylation is 1. The number of carbonyl (C=O) groups is 1. The molecule has 1 aliphatic rings. The molecule has 0 saturated carbocycles. The SMILES string of the molecule is Cc1c(C)n2c(CSC[C@@H](N)C(=O)N[C@H]3C(O)O[C@H](CO)[C@@H](O)[C@@H]3O)c(C)c(=O)n2c1=O. The van der Waals surface area contributed by atoms with Crippen LogP contribution in [0.3, 0.4) is 0 Å². The van der Waals surface area contributed by atoms with E-state index in [1.54, 1.807) is 25.3 Å². The van der Waals surface area contributed by atoms with E-state index >= 15 is 0 Å². The summed E-state index contributed by atoms with van der Waals surface area (Å²) in [6, 6.07) is -2.35. The van der Waals surface area contributed by atoms with Crippen molar-refractivity contribution in [2.45, 2.75) is 63.2 Å². The summed E-state index contributed by atoms with van der Waals surface area (Å²) < 4.78 is 7.68. The average Bonchev–Trinajstić information content (AvgIpc) is 3.14. The number of rotatable bonds is 7. The highest BCUT2D eigenvalue weighted by Gasteiger charge is 2.44. The predicted molar refractivity (Wildman–Crippen MR) is 115 cm³/mol. The first-order valence-corrected chi connectivity index (χ1v) is 11.2. The molecule has 1 amide bonds. The number of amides is 1. The highest BCUT2D eigenvalue weighted by Crippen LogP contribution is 2.20. The van der Waals surface area contributed by atoms with Gasteiger partial charge in [0.1, 0.15) is 24.4 Å². The van der Waals surface area contributed by atoms with E-state index < -0.39 is 49.2 Å². The predicted octanol–water partition coefficient (Wildman–Crippen LogP) is -3.40. The number of nitrogens with two attached hydrogens (primary N) is 1.